The summed E-state index contributed by atoms with van der Waals surface area (Å²) in [7, 11) is 3.59. The van der Waals surface area contributed by atoms with Gasteiger partial charge in [-0.1, -0.05) is 13.8 Å². The van der Waals surface area contributed by atoms with Crippen LogP contribution in [0.3, 0.4) is 0 Å². The van der Waals surface area contributed by atoms with Gasteiger partial charge in [-0.2, -0.15) is 0 Å². The first-order valence-corrected chi connectivity index (χ1v) is 8.71. The Labute approximate surface area is 135 Å². The molecule has 4 atom stereocenters. The van der Waals surface area contributed by atoms with Gasteiger partial charge in [0.25, 0.3) is 0 Å². The number of nitrogens with zero attached hydrogens (tertiary/aromatic N) is 2. The van der Waals surface area contributed by atoms with E-state index in [0.29, 0.717) is 24.0 Å². The van der Waals surface area contributed by atoms with E-state index in [2.05, 4.69) is 23.6 Å². The summed E-state index contributed by atoms with van der Waals surface area (Å²) in [5.74, 6) is 1.23. The molecule has 2 fully saturated rings. The van der Waals surface area contributed by atoms with Gasteiger partial charge in [0.2, 0.25) is 0 Å². The summed E-state index contributed by atoms with van der Waals surface area (Å²) in [4.78, 5) is 4.69. The number of rotatable bonds is 6. The molecule has 2 rings (SSSR count). The van der Waals surface area contributed by atoms with Gasteiger partial charge in [0.1, 0.15) is 0 Å². The summed E-state index contributed by atoms with van der Waals surface area (Å²) in [6, 6.07) is 0. The van der Waals surface area contributed by atoms with E-state index in [1.54, 1.807) is 14.2 Å². The monoisotopic (exact) mass is 314 g/mol. The van der Waals surface area contributed by atoms with Gasteiger partial charge in [-0.3, -0.25) is 9.80 Å². The number of aliphatic hydroxyl groups excluding tert-OH is 1. The summed E-state index contributed by atoms with van der Waals surface area (Å²) in [6.45, 7) is 10.0. The number of aliphatic hydroxyl groups is 1. The first-order chi connectivity index (χ1) is 10.5. The van der Waals surface area contributed by atoms with Crippen LogP contribution in [0.5, 0.6) is 0 Å². The molecule has 0 bridgehead atoms. The second-order valence-corrected chi connectivity index (χ2v) is 7.25. The van der Waals surface area contributed by atoms with Crippen molar-refractivity contribution in [3.05, 3.63) is 0 Å². The van der Waals surface area contributed by atoms with Gasteiger partial charge < -0.3 is 14.6 Å². The Balaban J connectivity index is 1.74. The van der Waals surface area contributed by atoms with Crippen LogP contribution in [0.15, 0.2) is 0 Å². The number of piperidine rings is 2. The Bertz CT molecular complexity index is 299. The number of hydrogen-bond acceptors (Lipinski definition) is 5. The lowest BCUT2D eigenvalue weighted by Crippen LogP contribution is -2.51. The van der Waals surface area contributed by atoms with Crippen molar-refractivity contribution in [3.63, 3.8) is 0 Å². The first-order valence-electron chi connectivity index (χ1n) is 8.71. The van der Waals surface area contributed by atoms with Crippen molar-refractivity contribution in [1.82, 2.24) is 9.80 Å². The van der Waals surface area contributed by atoms with E-state index in [0.717, 1.165) is 52.1 Å². The van der Waals surface area contributed by atoms with E-state index in [4.69, 9.17) is 9.47 Å². The summed E-state index contributed by atoms with van der Waals surface area (Å²) in [5, 5.41) is 10.4. The standard InChI is InChI=1S/C17H34N2O3/c1-13-5-7-18(11-16(13)21-3)9-15(20)10-19-8-6-14(2)17(12-19)22-4/h13-17,20H,5-12H2,1-4H3. The zero-order chi connectivity index (χ0) is 16.1. The molecular weight excluding hydrogens is 280 g/mol. The topological polar surface area (TPSA) is 45.2 Å². The molecule has 0 amide bonds. The van der Waals surface area contributed by atoms with Crippen LogP contribution < -0.4 is 0 Å². The van der Waals surface area contributed by atoms with Crippen molar-refractivity contribution in [1.29, 1.82) is 0 Å². The highest BCUT2D eigenvalue weighted by Crippen LogP contribution is 2.21. The van der Waals surface area contributed by atoms with Crippen molar-refractivity contribution >= 4 is 0 Å². The van der Waals surface area contributed by atoms with Gasteiger partial charge >= 0.3 is 0 Å². The molecule has 0 aromatic carbocycles. The van der Waals surface area contributed by atoms with Gasteiger partial charge in [-0.05, 0) is 37.8 Å². The molecule has 0 spiro atoms. The highest BCUT2D eigenvalue weighted by molar-refractivity contribution is 4.83. The van der Waals surface area contributed by atoms with Crippen molar-refractivity contribution in [3.8, 4) is 0 Å². The first kappa shape index (κ1) is 18.1. The molecule has 2 aliphatic rings. The second kappa shape index (κ2) is 8.60. The van der Waals surface area contributed by atoms with Crippen molar-refractivity contribution < 1.29 is 14.6 Å². The molecule has 0 aliphatic carbocycles. The summed E-state index contributed by atoms with van der Waals surface area (Å²) in [6.07, 6.45) is 2.61. The van der Waals surface area contributed by atoms with Crippen LogP contribution in [0.4, 0.5) is 0 Å². The van der Waals surface area contributed by atoms with Crippen molar-refractivity contribution in [2.75, 3.05) is 53.5 Å². The fourth-order valence-electron chi connectivity index (χ4n) is 3.79. The van der Waals surface area contributed by atoms with Crippen LogP contribution in [0.2, 0.25) is 0 Å². The van der Waals surface area contributed by atoms with E-state index >= 15 is 0 Å². The average Bonchev–Trinajstić information content (AvgIpc) is 2.51. The summed E-state index contributed by atoms with van der Waals surface area (Å²) >= 11 is 0. The Morgan fingerprint density at radius 3 is 1.68 bits per heavy atom. The Morgan fingerprint density at radius 2 is 1.32 bits per heavy atom. The lowest BCUT2D eigenvalue weighted by atomic mass is 9.95. The maximum absolute atomic E-state index is 10.4. The molecule has 2 saturated heterocycles. The minimum absolute atomic E-state index is 0.295. The fraction of sp³-hybridized carbons (Fsp3) is 1.00. The highest BCUT2D eigenvalue weighted by atomic mass is 16.5. The van der Waals surface area contributed by atoms with Gasteiger partial charge in [-0.25, -0.2) is 0 Å². The SMILES string of the molecule is COC1CN(CC(O)CN2CCC(C)C(OC)C2)CCC1C. The van der Waals surface area contributed by atoms with Gasteiger partial charge in [0, 0.05) is 40.4 Å². The molecule has 22 heavy (non-hydrogen) atoms. The molecule has 0 saturated carbocycles. The molecule has 0 aromatic rings. The number of methoxy groups -OCH3 is 2. The molecule has 5 nitrogen and oxygen atoms in total. The van der Waals surface area contributed by atoms with E-state index in [1.807, 2.05) is 0 Å². The Morgan fingerprint density at radius 1 is 0.909 bits per heavy atom. The zero-order valence-corrected chi connectivity index (χ0v) is 14.7. The highest BCUT2D eigenvalue weighted by Gasteiger charge is 2.29. The van der Waals surface area contributed by atoms with Gasteiger partial charge in [-0.15, -0.1) is 0 Å². The molecule has 2 heterocycles. The van der Waals surface area contributed by atoms with E-state index in [9.17, 15) is 5.11 Å². The van der Waals surface area contributed by atoms with Crippen molar-refractivity contribution in [2.45, 2.75) is 45.0 Å². The lowest BCUT2D eigenvalue weighted by Gasteiger charge is -2.39. The predicted octanol–water partition coefficient (Wildman–Crippen LogP) is 1.06. The average molecular weight is 314 g/mol. The summed E-state index contributed by atoms with van der Waals surface area (Å²) in [5.41, 5.74) is 0. The molecule has 2 aliphatic heterocycles. The normalized spacial score (nSPS) is 36.4. The van der Waals surface area contributed by atoms with E-state index in [-0.39, 0.29) is 6.10 Å². The third-order valence-corrected chi connectivity index (χ3v) is 5.49. The molecular formula is C17H34N2O3. The molecule has 1 N–H and O–H groups in total. The predicted molar refractivity (Wildman–Crippen MR) is 88.0 cm³/mol. The quantitative estimate of drug-likeness (QED) is 0.794. The summed E-state index contributed by atoms with van der Waals surface area (Å²) < 4.78 is 11.1. The largest absolute Gasteiger partial charge is 0.390 e. The number of likely N-dealkylation sites (tertiary alicyclic amines) is 2. The fourth-order valence-corrected chi connectivity index (χ4v) is 3.79. The van der Waals surface area contributed by atoms with E-state index in [1.165, 1.54) is 0 Å². The van der Waals surface area contributed by atoms with Crippen LogP contribution >= 0.6 is 0 Å². The maximum Gasteiger partial charge on any atom is 0.0793 e. The zero-order valence-electron chi connectivity index (χ0n) is 14.7. The van der Waals surface area contributed by atoms with Crippen LogP contribution in [0.25, 0.3) is 0 Å². The molecule has 130 valence electrons. The maximum atomic E-state index is 10.4. The minimum Gasteiger partial charge on any atom is -0.390 e. The Kier molecular flexibility index (Phi) is 7.09. The number of β-amino-alcohol motifs (C(OH)–C–C–N with tert-alkyl or cyclic N) is 1. The Hall–Kier alpha value is -0.200. The number of hydrogen-bond donors (Lipinski definition) is 1. The molecule has 5 heteroatoms. The van der Waals surface area contributed by atoms with Gasteiger partial charge in [0.05, 0.1) is 18.3 Å². The van der Waals surface area contributed by atoms with Crippen molar-refractivity contribution in [2.24, 2.45) is 11.8 Å². The lowest BCUT2D eigenvalue weighted by molar-refractivity contribution is -0.0362. The van der Waals surface area contributed by atoms with Crippen LogP contribution in [-0.2, 0) is 9.47 Å². The van der Waals surface area contributed by atoms with Gasteiger partial charge in [0.15, 0.2) is 0 Å². The number of ether oxygens (including phenoxy) is 2. The van der Waals surface area contributed by atoms with Crippen LogP contribution in [0, 0.1) is 11.8 Å². The molecule has 0 aromatic heterocycles. The third kappa shape index (κ3) is 4.90. The molecule has 4 unspecified atom stereocenters. The van der Waals surface area contributed by atoms with E-state index < -0.39 is 0 Å². The smallest absolute Gasteiger partial charge is 0.0793 e. The van der Waals surface area contributed by atoms with Crippen LogP contribution in [-0.4, -0.2) is 86.7 Å². The van der Waals surface area contributed by atoms with Crippen LogP contribution in [0.1, 0.15) is 26.7 Å². The molecule has 0 radical (unpaired) electrons. The minimum atomic E-state index is -0.295. The third-order valence-electron chi connectivity index (χ3n) is 5.49. The second-order valence-electron chi connectivity index (χ2n) is 7.25.